The number of nitrogens with zero attached hydrogens (tertiary/aromatic N) is 4. The number of hydrogen-bond donors (Lipinski definition) is 0. The summed E-state index contributed by atoms with van der Waals surface area (Å²) in [5, 5.41) is 2.27. The van der Waals surface area contributed by atoms with Crippen LogP contribution in [0, 0.1) is 6.57 Å². The minimum Gasteiger partial charge on any atom is -0.310 e. The molecule has 7 aromatic carbocycles. The van der Waals surface area contributed by atoms with Crippen LogP contribution in [0.4, 0.5) is 22.7 Å². The number of aromatic nitrogens is 2. The van der Waals surface area contributed by atoms with Gasteiger partial charge in [-0.1, -0.05) is 121 Å². The summed E-state index contributed by atoms with van der Waals surface area (Å²) < 4.78 is 2.35. The van der Waals surface area contributed by atoms with Crippen molar-refractivity contribution < 1.29 is 0 Å². The van der Waals surface area contributed by atoms with Crippen LogP contribution in [0.3, 0.4) is 0 Å². The molecule has 0 radical (unpaired) electrons. The van der Waals surface area contributed by atoms with Crippen molar-refractivity contribution in [2.24, 2.45) is 0 Å². The molecule has 0 N–H and O–H groups in total. The molecule has 0 unspecified atom stereocenters. The number of rotatable bonds is 3. The molecule has 1 spiro atoms. The first-order chi connectivity index (χ1) is 26.3. The summed E-state index contributed by atoms with van der Waals surface area (Å²) in [5.74, 6) is 0. The standard InChI is InChI=1S/C49H30N4/c1-50-34-14-12-13-32(27-34)33-28-35(52-45-22-9-4-17-39(45)40-31-51-26-25-46(40)52)30-36(29-33)53-47-23-10-7-20-43(47)49(44-21-8-11-24-48(44)53)41-18-5-2-15-37(41)38-16-3-6-19-42(38)49/h2-31H. The van der Waals surface area contributed by atoms with Gasteiger partial charge in [0.15, 0.2) is 5.69 Å². The number of pyridine rings is 1. The van der Waals surface area contributed by atoms with Crippen LogP contribution in [0.25, 0.3) is 54.6 Å². The third-order valence-corrected chi connectivity index (χ3v) is 11.3. The highest BCUT2D eigenvalue weighted by Crippen LogP contribution is 2.63. The molecule has 4 nitrogen and oxygen atoms in total. The van der Waals surface area contributed by atoms with Crippen LogP contribution in [-0.2, 0) is 5.41 Å². The highest BCUT2D eigenvalue weighted by Gasteiger charge is 2.51. The average molecular weight is 675 g/mol. The number of fused-ring (bicyclic) bond motifs is 12. The summed E-state index contributed by atoms with van der Waals surface area (Å²) in [4.78, 5) is 10.7. The summed E-state index contributed by atoms with van der Waals surface area (Å²) in [6.07, 6.45) is 3.83. The van der Waals surface area contributed by atoms with Crippen molar-refractivity contribution in [2.45, 2.75) is 5.41 Å². The lowest BCUT2D eigenvalue weighted by atomic mass is 9.64. The van der Waals surface area contributed by atoms with E-state index >= 15 is 0 Å². The number of benzene rings is 7. The SMILES string of the molecule is [C-]#[N+]c1cccc(-c2cc(N3c4ccccc4C4(c5ccccc5-c5ccccc54)c4ccccc43)cc(-n3c4ccccc4c4cnccc43)c2)c1. The maximum Gasteiger partial charge on any atom is 0.187 e. The van der Waals surface area contributed by atoms with Crippen molar-refractivity contribution in [3.8, 4) is 27.9 Å². The van der Waals surface area contributed by atoms with Crippen molar-refractivity contribution in [2.75, 3.05) is 4.90 Å². The Bertz CT molecular complexity index is 2850. The Balaban J connectivity index is 1.24. The zero-order valence-electron chi connectivity index (χ0n) is 28.6. The van der Waals surface area contributed by atoms with Gasteiger partial charge in [0.25, 0.3) is 0 Å². The summed E-state index contributed by atoms with van der Waals surface area (Å²) in [5.41, 5.74) is 16.4. The Morgan fingerprint density at radius 2 is 1.09 bits per heavy atom. The maximum absolute atomic E-state index is 7.79. The maximum atomic E-state index is 7.79. The van der Waals surface area contributed by atoms with E-state index in [0.717, 1.165) is 55.7 Å². The zero-order valence-corrected chi connectivity index (χ0v) is 28.6. The van der Waals surface area contributed by atoms with Crippen LogP contribution >= 0.6 is 0 Å². The summed E-state index contributed by atoms with van der Waals surface area (Å²) in [7, 11) is 0. The first kappa shape index (κ1) is 29.5. The second kappa shape index (κ2) is 11.1. The van der Waals surface area contributed by atoms with Gasteiger partial charge in [-0.3, -0.25) is 4.98 Å². The van der Waals surface area contributed by atoms with Crippen molar-refractivity contribution in [1.29, 1.82) is 0 Å². The monoisotopic (exact) mass is 674 g/mol. The van der Waals surface area contributed by atoms with E-state index in [4.69, 9.17) is 6.57 Å². The molecule has 1 aliphatic carbocycles. The second-order valence-corrected chi connectivity index (χ2v) is 13.9. The molecule has 0 bridgehead atoms. The van der Waals surface area contributed by atoms with Gasteiger partial charge in [0.1, 0.15) is 0 Å². The molecular formula is C49H30N4. The molecule has 9 aromatic rings. The van der Waals surface area contributed by atoms with Crippen LogP contribution in [-0.4, -0.2) is 9.55 Å². The normalized spacial score (nSPS) is 13.4. The van der Waals surface area contributed by atoms with E-state index in [1.807, 2.05) is 30.6 Å². The Hall–Kier alpha value is -7.22. The zero-order chi connectivity index (χ0) is 35.1. The van der Waals surface area contributed by atoms with Gasteiger partial charge in [-0.05, 0) is 93.0 Å². The lowest BCUT2D eigenvalue weighted by molar-refractivity contribution is 0.752. The van der Waals surface area contributed by atoms with Crippen molar-refractivity contribution >= 4 is 44.6 Å². The van der Waals surface area contributed by atoms with Crippen molar-refractivity contribution in [3.05, 3.63) is 216 Å². The molecule has 0 amide bonds. The average Bonchev–Trinajstić information content (AvgIpc) is 3.72. The molecule has 0 fully saturated rings. The number of para-hydroxylation sites is 3. The predicted molar refractivity (Wildman–Crippen MR) is 216 cm³/mol. The van der Waals surface area contributed by atoms with Crippen LogP contribution < -0.4 is 4.90 Å². The van der Waals surface area contributed by atoms with Gasteiger partial charge in [0.05, 0.1) is 34.4 Å². The van der Waals surface area contributed by atoms with Crippen LogP contribution in [0.5, 0.6) is 0 Å². The van der Waals surface area contributed by atoms with E-state index in [9.17, 15) is 0 Å². The lowest BCUT2D eigenvalue weighted by Gasteiger charge is -2.45. The Labute approximate surface area is 307 Å². The lowest BCUT2D eigenvalue weighted by Crippen LogP contribution is -2.36. The molecule has 4 heteroatoms. The second-order valence-electron chi connectivity index (χ2n) is 13.9. The highest BCUT2D eigenvalue weighted by molar-refractivity contribution is 6.09. The predicted octanol–water partition coefficient (Wildman–Crippen LogP) is 12.5. The molecular weight excluding hydrogens is 645 g/mol. The Morgan fingerprint density at radius 1 is 0.491 bits per heavy atom. The number of hydrogen-bond acceptors (Lipinski definition) is 2. The molecule has 2 aromatic heterocycles. The Morgan fingerprint density at radius 3 is 1.81 bits per heavy atom. The number of anilines is 3. The van der Waals surface area contributed by atoms with Gasteiger partial charge < -0.3 is 9.47 Å². The minimum atomic E-state index is -0.485. The molecule has 1 aliphatic heterocycles. The molecule has 246 valence electrons. The first-order valence-corrected chi connectivity index (χ1v) is 17.9. The molecule has 2 aliphatic rings. The van der Waals surface area contributed by atoms with Crippen LogP contribution in [0.1, 0.15) is 22.3 Å². The highest BCUT2D eigenvalue weighted by atomic mass is 15.2. The summed E-state index contributed by atoms with van der Waals surface area (Å²) in [6, 6.07) is 61.2. The van der Waals surface area contributed by atoms with Gasteiger partial charge in [-0.15, -0.1) is 0 Å². The summed E-state index contributed by atoms with van der Waals surface area (Å²) >= 11 is 0. The van der Waals surface area contributed by atoms with Crippen LogP contribution in [0.2, 0.25) is 0 Å². The molecule has 0 saturated carbocycles. The van der Waals surface area contributed by atoms with Gasteiger partial charge in [-0.2, -0.15) is 0 Å². The quantitative estimate of drug-likeness (QED) is 0.174. The van der Waals surface area contributed by atoms with Gasteiger partial charge >= 0.3 is 0 Å². The molecule has 3 heterocycles. The molecule has 0 atom stereocenters. The van der Waals surface area contributed by atoms with E-state index in [-0.39, 0.29) is 0 Å². The largest absolute Gasteiger partial charge is 0.310 e. The molecule has 53 heavy (non-hydrogen) atoms. The summed E-state index contributed by atoms with van der Waals surface area (Å²) in [6.45, 7) is 7.79. The fraction of sp³-hybridized carbons (Fsp3) is 0.0204. The third kappa shape index (κ3) is 4.02. The van der Waals surface area contributed by atoms with Crippen LogP contribution in [0.15, 0.2) is 182 Å². The fourth-order valence-corrected chi connectivity index (χ4v) is 9.21. The first-order valence-electron chi connectivity index (χ1n) is 17.9. The molecule has 0 saturated heterocycles. The molecule has 11 rings (SSSR count). The van der Waals surface area contributed by atoms with Gasteiger partial charge in [0.2, 0.25) is 0 Å². The van der Waals surface area contributed by atoms with E-state index in [1.165, 1.54) is 33.4 Å². The smallest absolute Gasteiger partial charge is 0.187 e. The van der Waals surface area contributed by atoms with E-state index in [1.54, 1.807) is 0 Å². The Kier molecular flexibility index (Phi) is 6.20. The van der Waals surface area contributed by atoms with Gasteiger partial charge in [0, 0.05) is 34.5 Å². The van der Waals surface area contributed by atoms with Crippen molar-refractivity contribution in [1.82, 2.24) is 9.55 Å². The van der Waals surface area contributed by atoms with E-state index in [2.05, 4.69) is 171 Å². The fourth-order valence-electron chi connectivity index (χ4n) is 9.21. The van der Waals surface area contributed by atoms with Gasteiger partial charge in [-0.25, -0.2) is 4.85 Å². The van der Waals surface area contributed by atoms with Crippen molar-refractivity contribution in [3.63, 3.8) is 0 Å². The van der Waals surface area contributed by atoms with E-state index < -0.39 is 5.41 Å². The van der Waals surface area contributed by atoms with E-state index in [0.29, 0.717) is 5.69 Å². The minimum absolute atomic E-state index is 0.485. The third-order valence-electron chi connectivity index (χ3n) is 11.3. The topological polar surface area (TPSA) is 25.4 Å².